The van der Waals surface area contributed by atoms with Crippen LogP contribution >= 0.6 is 8.25 Å². The lowest BCUT2D eigenvalue weighted by atomic mass is 10.4. The molecule has 0 amide bonds. The molecular weight excluding hydrogens is 278 g/mol. The van der Waals surface area contributed by atoms with E-state index in [0.717, 1.165) is 6.33 Å². The molecular formula is C9H11FN4O4P+. The molecule has 10 heteroatoms. The SMILES string of the molecule is CC(Cn1cnc2c(F)ncnc21)OCO[P+](=O)O. The van der Waals surface area contributed by atoms with Gasteiger partial charge in [-0.15, -0.1) is 4.89 Å². The van der Waals surface area contributed by atoms with E-state index in [-0.39, 0.29) is 18.4 Å². The Balaban J connectivity index is 2.01. The van der Waals surface area contributed by atoms with E-state index in [0.29, 0.717) is 12.2 Å². The lowest BCUT2D eigenvalue weighted by Gasteiger charge is -2.11. The van der Waals surface area contributed by atoms with Crippen molar-refractivity contribution in [3.63, 3.8) is 0 Å². The number of fused-ring (bicyclic) bond motifs is 1. The fraction of sp³-hybridized carbons (Fsp3) is 0.444. The smallest absolute Gasteiger partial charge is 0.346 e. The molecule has 8 nitrogen and oxygen atoms in total. The van der Waals surface area contributed by atoms with Crippen molar-refractivity contribution in [3.05, 3.63) is 18.6 Å². The maximum atomic E-state index is 13.3. The second-order valence-corrected chi connectivity index (χ2v) is 4.43. The standard InChI is InChI=1S/C9H10FN4O4P/c1-6(17-5-18-19(15)16)2-14-4-13-7-8(10)11-3-12-9(7)14/h3-4,6H,2,5H2,1H3/p+1. The van der Waals surface area contributed by atoms with Crippen molar-refractivity contribution in [2.75, 3.05) is 6.79 Å². The van der Waals surface area contributed by atoms with Gasteiger partial charge < -0.3 is 9.30 Å². The summed E-state index contributed by atoms with van der Waals surface area (Å²) in [5.41, 5.74) is 0.446. The maximum Gasteiger partial charge on any atom is 0.697 e. The van der Waals surface area contributed by atoms with E-state index >= 15 is 0 Å². The van der Waals surface area contributed by atoms with Crippen molar-refractivity contribution in [2.24, 2.45) is 0 Å². The summed E-state index contributed by atoms with van der Waals surface area (Å²) < 4.78 is 34.7. The van der Waals surface area contributed by atoms with Crippen molar-refractivity contribution < 1.29 is 23.1 Å². The van der Waals surface area contributed by atoms with Gasteiger partial charge in [0.1, 0.15) is 6.33 Å². The Kier molecular flexibility index (Phi) is 4.43. The van der Waals surface area contributed by atoms with Crippen molar-refractivity contribution >= 4 is 19.4 Å². The van der Waals surface area contributed by atoms with Crippen LogP contribution in [0.5, 0.6) is 0 Å². The number of aromatic nitrogens is 4. The Morgan fingerprint density at radius 1 is 1.53 bits per heavy atom. The van der Waals surface area contributed by atoms with Gasteiger partial charge in [-0.05, 0) is 6.92 Å². The van der Waals surface area contributed by atoms with E-state index in [2.05, 4.69) is 19.5 Å². The topological polar surface area (TPSA) is 99.4 Å². The van der Waals surface area contributed by atoms with E-state index < -0.39 is 14.2 Å². The molecule has 2 aromatic rings. The third-order valence-corrected chi connectivity index (χ3v) is 2.65. The van der Waals surface area contributed by atoms with E-state index in [1.165, 1.54) is 6.33 Å². The lowest BCUT2D eigenvalue weighted by Crippen LogP contribution is -2.17. The Hall–Kier alpha value is -1.54. The van der Waals surface area contributed by atoms with Crippen LogP contribution < -0.4 is 0 Å². The van der Waals surface area contributed by atoms with Crippen molar-refractivity contribution in [1.29, 1.82) is 0 Å². The number of imidazole rings is 1. The molecule has 2 heterocycles. The highest BCUT2D eigenvalue weighted by Crippen LogP contribution is 2.15. The molecule has 102 valence electrons. The van der Waals surface area contributed by atoms with Gasteiger partial charge in [0.25, 0.3) is 0 Å². The number of ether oxygens (including phenoxy) is 1. The van der Waals surface area contributed by atoms with Gasteiger partial charge in [0, 0.05) is 4.57 Å². The third-order valence-electron chi connectivity index (χ3n) is 2.33. The Morgan fingerprint density at radius 3 is 3.05 bits per heavy atom. The first-order chi connectivity index (χ1) is 9.08. The predicted molar refractivity (Wildman–Crippen MR) is 61.6 cm³/mol. The molecule has 0 saturated carbocycles. The van der Waals surface area contributed by atoms with Crippen LogP contribution in [0.4, 0.5) is 4.39 Å². The van der Waals surface area contributed by atoms with Crippen molar-refractivity contribution in [2.45, 2.75) is 19.6 Å². The number of halogens is 1. The first kappa shape index (κ1) is 13.9. The zero-order valence-corrected chi connectivity index (χ0v) is 10.8. The van der Waals surface area contributed by atoms with Gasteiger partial charge in [-0.25, -0.2) is 15.0 Å². The van der Waals surface area contributed by atoms with Crippen LogP contribution in [0.15, 0.2) is 12.7 Å². The summed E-state index contributed by atoms with van der Waals surface area (Å²) in [6.45, 7) is 1.78. The number of nitrogens with zero attached hydrogens (tertiary/aromatic N) is 4. The van der Waals surface area contributed by atoms with Crippen molar-refractivity contribution in [1.82, 2.24) is 19.5 Å². The fourth-order valence-corrected chi connectivity index (χ4v) is 1.66. The van der Waals surface area contributed by atoms with Gasteiger partial charge in [-0.2, -0.15) is 4.39 Å². The molecule has 0 fully saturated rings. The Bertz CT molecular complexity index is 593. The molecule has 2 aromatic heterocycles. The summed E-state index contributed by atoms with van der Waals surface area (Å²) in [5.74, 6) is -0.682. The molecule has 1 N–H and O–H groups in total. The Labute approximate surface area is 108 Å². The summed E-state index contributed by atoms with van der Waals surface area (Å²) >= 11 is 0. The van der Waals surface area contributed by atoms with E-state index in [1.807, 2.05) is 0 Å². The highest BCUT2D eigenvalue weighted by molar-refractivity contribution is 7.32. The zero-order valence-electron chi connectivity index (χ0n) is 9.93. The van der Waals surface area contributed by atoms with Crippen LogP contribution in [0.1, 0.15) is 6.92 Å². The van der Waals surface area contributed by atoms with Gasteiger partial charge in [-0.1, -0.05) is 4.52 Å². The third kappa shape index (κ3) is 3.48. The first-order valence-corrected chi connectivity index (χ1v) is 6.43. The maximum absolute atomic E-state index is 13.3. The second-order valence-electron chi connectivity index (χ2n) is 3.70. The average Bonchev–Trinajstić information content (AvgIpc) is 2.73. The van der Waals surface area contributed by atoms with Crippen LogP contribution in [0.2, 0.25) is 0 Å². The minimum atomic E-state index is -2.68. The van der Waals surface area contributed by atoms with Crippen LogP contribution in [0, 0.1) is 5.95 Å². The molecule has 0 spiro atoms. The summed E-state index contributed by atoms with van der Waals surface area (Å²) in [7, 11) is -2.68. The highest BCUT2D eigenvalue weighted by atomic mass is 31.1. The van der Waals surface area contributed by atoms with Crippen LogP contribution in [0.3, 0.4) is 0 Å². The van der Waals surface area contributed by atoms with Gasteiger partial charge in [0.05, 0.1) is 19.0 Å². The van der Waals surface area contributed by atoms with E-state index in [4.69, 9.17) is 9.63 Å². The number of rotatable bonds is 6. The molecule has 19 heavy (non-hydrogen) atoms. The second kappa shape index (κ2) is 6.07. The number of hydrogen-bond donors (Lipinski definition) is 1. The molecule has 0 aliphatic heterocycles. The molecule has 2 rings (SSSR count). The summed E-state index contributed by atoms with van der Waals surface area (Å²) in [4.78, 5) is 19.6. The predicted octanol–water partition coefficient (Wildman–Crippen LogP) is 0.994. The molecule has 0 saturated heterocycles. The molecule has 0 radical (unpaired) electrons. The van der Waals surface area contributed by atoms with Crippen LogP contribution in [-0.4, -0.2) is 37.3 Å². The molecule has 0 aliphatic rings. The van der Waals surface area contributed by atoms with Crippen LogP contribution in [-0.2, 0) is 20.4 Å². The fourth-order valence-electron chi connectivity index (χ4n) is 1.51. The highest BCUT2D eigenvalue weighted by Gasteiger charge is 2.15. The van der Waals surface area contributed by atoms with E-state index in [9.17, 15) is 8.96 Å². The van der Waals surface area contributed by atoms with Gasteiger partial charge >= 0.3 is 8.25 Å². The number of hydrogen-bond acceptors (Lipinski definition) is 6. The van der Waals surface area contributed by atoms with Crippen LogP contribution in [0.25, 0.3) is 11.2 Å². The molecule has 2 unspecified atom stereocenters. The van der Waals surface area contributed by atoms with Crippen molar-refractivity contribution in [3.8, 4) is 0 Å². The molecule has 0 aliphatic carbocycles. The largest absolute Gasteiger partial charge is 0.697 e. The Morgan fingerprint density at radius 2 is 2.32 bits per heavy atom. The molecule has 0 bridgehead atoms. The minimum Gasteiger partial charge on any atom is -0.346 e. The quantitative estimate of drug-likeness (QED) is 0.481. The summed E-state index contributed by atoms with van der Waals surface area (Å²) in [6.07, 6.45) is 2.21. The lowest BCUT2D eigenvalue weighted by molar-refractivity contribution is -0.0346. The zero-order chi connectivity index (χ0) is 13.8. The van der Waals surface area contributed by atoms with E-state index in [1.54, 1.807) is 11.5 Å². The average molecular weight is 289 g/mol. The minimum absolute atomic E-state index is 0.0874. The monoisotopic (exact) mass is 289 g/mol. The van der Waals surface area contributed by atoms with Gasteiger partial charge in [-0.3, -0.25) is 0 Å². The summed E-state index contributed by atoms with van der Waals surface area (Å²) in [6, 6.07) is 0. The first-order valence-electron chi connectivity index (χ1n) is 5.30. The van der Waals surface area contributed by atoms with Gasteiger partial charge in [0.2, 0.25) is 12.7 Å². The normalized spacial score (nSPS) is 13.7. The molecule has 2 atom stereocenters. The van der Waals surface area contributed by atoms with Gasteiger partial charge in [0.15, 0.2) is 11.2 Å². The summed E-state index contributed by atoms with van der Waals surface area (Å²) in [5, 5.41) is 0. The molecule has 0 aromatic carbocycles.